The number of halogens is 2. The molecule has 1 N–H and O–H groups in total. The molecule has 0 unspecified atom stereocenters. The maximum atomic E-state index is 13.5. The molecule has 0 bridgehead atoms. The predicted molar refractivity (Wildman–Crippen MR) is 74.7 cm³/mol. The van der Waals surface area contributed by atoms with Gasteiger partial charge in [-0.25, -0.2) is 13.8 Å². The van der Waals surface area contributed by atoms with Gasteiger partial charge >= 0.3 is 0 Å². The van der Waals surface area contributed by atoms with Crippen molar-refractivity contribution in [3.8, 4) is 0 Å². The number of hydrogen-bond acceptors (Lipinski definition) is 2. The lowest BCUT2D eigenvalue weighted by atomic mass is 10.0. The second-order valence-electron chi connectivity index (χ2n) is 4.97. The van der Waals surface area contributed by atoms with E-state index in [9.17, 15) is 8.78 Å². The van der Waals surface area contributed by atoms with Gasteiger partial charge in [-0.1, -0.05) is 13.8 Å². The van der Waals surface area contributed by atoms with Crippen molar-refractivity contribution in [1.82, 2.24) is 9.55 Å². The number of aliphatic hydroxyl groups is 1. The van der Waals surface area contributed by atoms with E-state index in [2.05, 4.69) is 18.8 Å². The van der Waals surface area contributed by atoms with Crippen LogP contribution in [0, 0.1) is 11.6 Å². The number of rotatable bonds is 6. The van der Waals surface area contributed by atoms with Crippen molar-refractivity contribution >= 4 is 11.0 Å². The molecule has 0 radical (unpaired) electrons. The highest BCUT2D eigenvalue weighted by atomic mass is 19.2. The standard InChI is InChI=1S/C15H20F2N2O/c1-3-10(4-2)15-18-13-8-11(16)12(17)9-14(13)19(15)6-5-7-20/h8-10,20H,3-7H2,1-2H3. The van der Waals surface area contributed by atoms with Crippen molar-refractivity contribution in [3.63, 3.8) is 0 Å². The largest absolute Gasteiger partial charge is 0.396 e. The van der Waals surface area contributed by atoms with E-state index in [-0.39, 0.29) is 12.5 Å². The monoisotopic (exact) mass is 282 g/mol. The number of fused-ring (bicyclic) bond motifs is 1. The Kier molecular flexibility index (Phi) is 4.70. The molecular formula is C15H20F2N2O. The summed E-state index contributed by atoms with van der Waals surface area (Å²) in [4.78, 5) is 4.48. The van der Waals surface area contributed by atoms with Crippen molar-refractivity contribution in [1.29, 1.82) is 0 Å². The highest BCUT2D eigenvalue weighted by Gasteiger charge is 2.19. The lowest BCUT2D eigenvalue weighted by Gasteiger charge is -2.15. The molecule has 0 aliphatic heterocycles. The van der Waals surface area contributed by atoms with Crippen LogP contribution in [-0.2, 0) is 6.54 Å². The van der Waals surface area contributed by atoms with Gasteiger partial charge in [0.15, 0.2) is 11.6 Å². The number of benzene rings is 1. The first kappa shape index (κ1) is 14.9. The van der Waals surface area contributed by atoms with Gasteiger partial charge in [0.1, 0.15) is 5.82 Å². The number of aliphatic hydroxyl groups excluding tert-OH is 1. The summed E-state index contributed by atoms with van der Waals surface area (Å²) in [5.41, 5.74) is 1.07. The number of aromatic nitrogens is 2. The Hall–Kier alpha value is -1.49. The first-order chi connectivity index (χ1) is 9.62. The Balaban J connectivity index is 2.59. The van der Waals surface area contributed by atoms with Crippen LogP contribution in [0.2, 0.25) is 0 Å². The van der Waals surface area contributed by atoms with Gasteiger partial charge in [-0.05, 0) is 19.3 Å². The van der Waals surface area contributed by atoms with Gasteiger partial charge in [0.25, 0.3) is 0 Å². The second kappa shape index (κ2) is 6.31. The van der Waals surface area contributed by atoms with E-state index in [1.165, 1.54) is 6.07 Å². The number of hydrogen-bond donors (Lipinski definition) is 1. The summed E-state index contributed by atoms with van der Waals surface area (Å²) in [7, 11) is 0. The molecule has 0 aliphatic carbocycles. The minimum Gasteiger partial charge on any atom is -0.396 e. The van der Waals surface area contributed by atoms with Crippen LogP contribution in [-0.4, -0.2) is 21.3 Å². The average molecular weight is 282 g/mol. The summed E-state index contributed by atoms with van der Waals surface area (Å²) < 4.78 is 28.7. The van der Waals surface area contributed by atoms with Gasteiger partial charge in [-0.15, -0.1) is 0 Å². The normalized spacial score (nSPS) is 11.7. The lowest BCUT2D eigenvalue weighted by molar-refractivity contribution is 0.279. The highest BCUT2D eigenvalue weighted by molar-refractivity contribution is 5.76. The molecule has 1 aromatic heterocycles. The third-order valence-corrected chi connectivity index (χ3v) is 3.71. The van der Waals surface area contributed by atoms with Crippen LogP contribution in [0.5, 0.6) is 0 Å². The van der Waals surface area contributed by atoms with Crippen molar-refractivity contribution in [2.45, 2.75) is 45.6 Å². The molecular weight excluding hydrogens is 262 g/mol. The number of aryl methyl sites for hydroxylation is 1. The van der Waals surface area contributed by atoms with Crippen LogP contribution >= 0.6 is 0 Å². The van der Waals surface area contributed by atoms with Gasteiger partial charge in [0, 0.05) is 31.2 Å². The van der Waals surface area contributed by atoms with E-state index in [0.717, 1.165) is 24.7 Å². The topological polar surface area (TPSA) is 38.0 Å². The van der Waals surface area contributed by atoms with Crippen molar-refractivity contribution in [2.75, 3.05) is 6.61 Å². The van der Waals surface area contributed by atoms with Crippen LogP contribution in [0.3, 0.4) is 0 Å². The highest BCUT2D eigenvalue weighted by Crippen LogP contribution is 2.28. The Morgan fingerprint density at radius 3 is 2.45 bits per heavy atom. The molecule has 1 heterocycles. The van der Waals surface area contributed by atoms with Crippen LogP contribution in [0.1, 0.15) is 44.9 Å². The molecule has 1 aromatic carbocycles. The maximum Gasteiger partial charge on any atom is 0.161 e. The SMILES string of the molecule is CCC(CC)c1nc2cc(F)c(F)cc2n1CCCO. The zero-order valence-corrected chi connectivity index (χ0v) is 11.9. The molecule has 0 saturated heterocycles. The average Bonchev–Trinajstić information content (AvgIpc) is 2.76. The van der Waals surface area contributed by atoms with Crippen molar-refractivity contribution < 1.29 is 13.9 Å². The van der Waals surface area contributed by atoms with Gasteiger partial charge in [0.2, 0.25) is 0 Å². The summed E-state index contributed by atoms with van der Waals surface area (Å²) in [6, 6.07) is 2.34. The number of nitrogens with zero attached hydrogens (tertiary/aromatic N) is 2. The van der Waals surface area contributed by atoms with Gasteiger partial charge in [0.05, 0.1) is 11.0 Å². The Bertz CT molecular complexity index is 591. The fourth-order valence-corrected chi connectivity index (χ4v) is 2.57. The van der Waals surface area contributed by atoms with E-state index >= 15 is 0 Å². The summed E-state index contributed by atoms with van der Waals surface area (Å²) in [5.74, 6) is -0.630. The number of imidazole rings is 1. The van der Waals surface area contributed by atoms with E-state index in [1.54, 1.807) is 0 Å². The van der Waals surface area contributed by atoms with Gasteiger partial charge < -0.3 is 9.67 Å². The van der Waals surface area contributed by atoms with Crippen LogP contribution in [0.15, 0.2) is 12.1 Å². The second-order valence-corrected chi connectivity index (χ2v) is 4.97. The van der Waals surface area contributed by atoms with Crippen LogP contribution in [0.4, 0.5) is 8.78 Å². The zero-order chi connectivity index (χ0) is 14.7. The first-order valence-corrected chi connectivity index (χ1v) is 7.08. The van der Waals surface area contributed by atoms with Crippen molar-refractivity contribution in [3.05, 3.63) is 29.6 Å². The minimum absolute atomic E-state index is 0.0612. The summed E-state index contributed by atoms with van der Waals surface area (Å²) in [6.45, 7) is 4.77. The molecule has 0 aliphatic rings. The lowest BCUT2D eigenvalue weighted by Crippen LogP contribution is -2.09. The fourth-order valence-electron chi connectivity index (χ4n) is 2.57. The van der Waals surface area contributed by atoms with E-state index in [4.69, 9.17) is 5.11 Å². The molecule has 20 heavy (non-hydrogen) atoms. The Morgan fingerprint density at radius 2 is 1.85 bits per heavy atom. The summed E-state index contributed by atoms with van der Waals surface area (Å²) >= 11 is 0. The Morgan fingerprint density at radius 1 is 1.20 bits per heavy atom. The van der Waals surface area contributed by atoms with E-state index < -0.39 is 11.6 Å². The molecule has 3 nitrogen and oxygen atoms in total. The molecule has 0 fully saturated rings. The molecule has 0 saturated carbocycles. The fraction of sp³-hybridized carbons (Fsp3) is 0.533. The summed E-state index contributed by atoms with van der Waals surface area (Å²) in [6.07, 6.45) is 2.41. The maximum absolute atomic E-state index is 13.5. The predicted octanol–water partition coefficient (Wildman–Crippen LogP) is 3.60. The van der Waals surface area contributed by atoms with Gasteiger partial charge in [-0.2, -0.15) is 0 Å². The molecule has 0 atom stereocenters. The van der Waals surface area contributed by atoms with Crippen molar-refractivity contribution in [2.24, 2.45) is 0 Å². The third-order valence-electron chi connectivity index (χ3n) is 3.71. The molecule has 0 spiro atoms. The molecule has 5 heteroatoms. The minimum atomic E-state index is -0.875. The van der Waals surface area contributed by atoms with E-state index in [1.807, 2.05) is 4.57 Å². The van der Waals surface area contributed by atoms with Crippen LogP contribution < -0.4 is 0 Å². The van der Waals surface area contributed by atoms with Gasteiger partial charge in [-0.3, -0.25) is 0 Å². The van der Waals surface area contributed by atoms with E-state index in [0.29, 0.717) is 24.0 Å². The molecule has 2 aromatic rings. The molecule has 110 valence electrons. The first-order valence-electron chi connectivity index (χ1n) is 7.08. The summed E-state index contributed by atoms with van der Waals surface area (Å²) in [5, 5.41) is 9.01. The molecule has 2 rings (SSSR count). The third kappa shape index (κ3) is 2.68. The smallest absolute Gasteiger partial charge is 0.161 e. The molecule has 0 amide bonds. The quantitative estimate of drug-likeness (QED) is 0.879. The Labute approximate surface area is 117 Å². The van der Waals surface area contributed by atoms with Crippen LogP contribution in [0.25, 0.3) is 11.0 Å². The zero-order valence-electron chi connectivity index (χ0n) is 11.9.